The van der Waals surface area contributed by atoms with E-state index in [4.69, 9.17) is 21.1 Å². The molecule has 0 atom stereocenters. The van der Waals surface area contributed by atoms with Crippen molar-refractivity contribution in [2.75, 3.05) is 30.0 Å². The molecule has 0 saturated heterocycles. The van der Waals surface area contributed by atoms with Gasteiger partial charge in [0.1, 0.15) is 18.1 Å². The molecule has 1 aliphatic rings. The number of para-hydroxylation sites is 1. The van der Waals surface area contributed by atoms with Gasteiger partial charge < -0.3 is 19.7 Å². The lowest BCUT2D eigenvalue weighted by atomic mass is 10.2. The second-order valence-corrected chi connectivity index (χ2v) is 7.49. The standard InChI is InChI=1S/C25H21ClN2O4/c26-19-9-6-18(7-10-19)8-13-24(29)27-20-11-12-23-22(16-20)28(25(30)17-32-23)14-15-31-21-4-2-1-3-5-21/h1-13,16H,14-15,17H2,(H,27,29)/b13-8+. The quantitative estimate of drug-likeness (QED) is 0.527. The highest BCUT2D eigenvalue weighted by Gasteiger charge is 2.25. The second kappa shape index (κ2) is 10.0. The number of nitrogens with zero attached hydrogens (tertiary/aromatic N) is 1. The molecule has 32 heavy (non-hydrogen) atoms. The van der Waals surface area contributed by atoms with Crippen molar-refractivity contribution < 1.29 is 19.1 Å². The molecule has 0 aromatic heterocycles. The fourth-order valence-corrected chi connectivity index (χ4v) is 3.35. The maximum atomic E-state index is 12.5. The third-order valence-corrected chi connectivity index (χ3v) is 5.05. The monoisotopic (exact) mass is 448 g/mol. The Morgan fingerprint density at radius 2 is 1.88 bits per heavy atom. The fourth-order valence-electron chi connectivity index (χ4n) is 3.23. The Labute approximate surface area is 191 Å². The van der Waals surface area contributed by atoms with Crippen LogP contribution in [-0.4, -0.2) is 31.6 Å². The van der Waals surface area contributed by atoms with Gasteiger partial charge in [0.25, 0.3) is 5.91 Å². The second-order valence-electron chi connectivity index (χ2n) is 7.05. The van der Waals surface area contributed by atoms with Crippen LogP contribution in [0.4, 0.5) is 11.4 Å². The van der Waals surface area contributed by atoms with Crippen molar-refractivity contribution in [1.82, 2.24) is 0 Å². The molecule has 162 valence electrons. The SMILES string of the molecule is O=C(/C=C/c1ccc(Cl)cc1)Nc1ccc2c(c1)N(CCOc1ccccc1)C(=O)CO2. The predicted molar refractivity (Wildman–Crippen MR) is 125 cm³/mol. The summed E-state index contributed by atoms with van der Waals surface area (Å²) < 4.78 is 11.3. The zero-order valence-electron chi connectivity index (χ0n) is 17.2. The smallest absolute Gasteiger partial charge is 0.265 e. The van der Waals surface area contributed by atoms with Crippen LogP contribution in [0.3, 0.4) is 0 Å². The minimum Gasteiger partial charge on any atom is -0.492 e. The number of anilines is 2. The van der Waals surface area contributed by atoms with Crippen molar-refractivity contribution in [2.45, 2.75) is 0 Å². The maximum absolute atomic E-state index is 12.5. The number of rotatable bonds is 7. The van der Waals surface area contributed by atoms with Crippen LogP contribution in [0.25, 0.3) is 6.08 Å². The van der Waals surface area contributed by atoms with E-state index < -0.39 is 0 Å². The Morgan fingerprint density at radius 3 is 2.66 bits per heavy atom. The number of fused-ring (bicyclic) bond motifs is 1. The zero-order chi connectivity index (χ0) is 22.3. The Hall–Kier alpha value is -3.77. The Kier molecular flexibility index (Phi) is 6.72. The lowest BCUT2D eigenvalue weighted by molar-refractivity contribution is -0.121. The molecule has 0 spiro atoms. The number of ether oxygens (including phenoxy) is 2. The van der Waals surface area contributed by atoms with Crippen LogP contribution in [-0.2, 0) is 9.59 Å². The molecular weight excluding hydrogens is 428 g/mol. The van der Waals surface area contributed by atoms with Crippen LogP contribution in [0.2, 0.25) is 5.02 Å². The maximum Gasteiger partial charge on any atom is 0.265 e. The summed E-state index contributed by atoms with van der Waals surface area (Å²) in [4.78, 5) is 26.4. The molecule has 1 heterocycles. The van der Waals surface area contributed by atoms with Crippen LogP contribution in [0.5, 0.6) is 11.5 Å². The molecular formula is C25H21ClN2O4. The van der Waals surface area contributed by atoms with Crippen LogP contribution in [0.1, 0.15) is 5.56 Å². The minimum atomic E-state index is -0.290. The van der Waals surface area contributed by atoms with Crippen molar-refractivity contribution in [3.05, 3.63) is 89.5 Å². The average Bonchev–Trinajstić information content (AvgIpc) is 2.81. The summed E-state index contributed by atoms with van der Waals surface area (Å²) in [6, 6.07) is 21.8. The summed E-state index contributed by atoms with van der Waals surface area (Å²) in [6.45, 7) is 0.654. The van der Waals surface area contributed by atoms with Gasteiger partial charge in [-0.05, 0) is 54.1 Å². The number of amides is 2. The predicted octanol–water partition coefficient (Wildman–Crippen LogP) is 4.80. The largest absolute Gasteiger partial charge is 0.492 e. The molecule has 7 heteroatoms. The van der Waals surface area contributed by atoms with E-state index in [9.17, 15) is 9.59 Å². The van der Waals surface area contributed by atoms with Gasteiger partial charge in [0.2, 0.25) is 5.91 Å². The molecule has 0 radical (unpaired) electrons. The lowest BCUT2D eigenvalue weighted by Crippen LogP contribution is -2.41. The summed E-state index contributed by atoms with van der Waals surface area (Å²) >= 11 is 5.88. The Morgan fingerprint density at radius 1 is 1.09 bits per heavy atom. The Balaban J connectivity index is 1.42. The molecule has 0 aliphatic carbocycles. The van der Waals surface area contributed by atoms with Crippen molar-refractivity contribution in [3.8, 4) is 11.5 Å². The van der Waals surface area contributed by atoms with Gasteiger partial charge in [0.05, 0.1) is 12.2 Å². The lowest BCUT2D eigenvalue weighted by Gasteiger charge is -2.29. The molecule has 1 aliphatic heterocycles. The number of nitrogens with one attached hydrogen (secondary N) is 1. The van der Waals surface area contributed by atoms with Gasteiger partial charge in [-0.15, -0.1) is 0 Å². The molecule has 4 rings (SSSR count). The minimum absolute atomic E-state index is 0.0339. The van der Waals surface area contributed by atoms with Crippen LogP contribution >= 0.6 is 11.6 Å². The molecule has 0 fully saturated rings. The van der Waals surface area contributed by atoms with Gasteiger partial charge in [0.15, 0.2) is 6.61 Å². The van der Waals surface area contributed by atoms with Gasteiger partial charge in [-0.3, -0.25) is 9.59 Å². The highest BCUT2D eigenvalue weighted by atomic mass is 35.5. The number of hydrogen-bond donors (Lipinski definition) is 1. The summed E-state index contributed by atoms with van der Waals surface area (Å²) in [6.07, 6.45) is 3.14. The van der Waals surface area contributed by atoms with Gasteiger partial charge in [-0.1, -0.05) is 41.9 Å². The third kappa shape index (κ3) is 5.47. The summed E-state index contributed by atoms with van der Waals surface area (Å²) in [5, 5.41) is 3.45. The summed E-state index contributed by atoms with van der Waals surface area (Å²) in [5.74, 6) is 0.864. The van der Waals surface area contributed by atoms with Gasteiger partial charge >= 0.3 is 0 Å². The highest BCUT2D eigenvalue weighted by Crippen LogP contribution is 2.34. The van der Waals surface area contributed by atoms with E-state index in [0.29, 0.717) is 35.3 Å². The van der Waals surface area contributed by atoms with E-state index >= 15 is 0 Å². The van der Waals surface area contributed by atoms with E-state index in [2.05, 4.69) is 5.32 Å². The molecule has 1 N–H and O–H groups in total. The first-order valence-corrected chi connectivity index (χ1v) is 10.5. The molecule has 0 unspecified atom stereocenters. The molecule has 3 aromatic carbocycles. The Bertz CT molecular complexity index is 1130. The van der Waals surface area contributed by atoms with E-state index in [1.165, 1.54) is 6.08 Å². The molecule has 2 amide bonds. The van der Waals surface area contributed by atoms with E-state index in [1.807, 2.05) is 42.5 Å². The zero-order valence-corrected chi connectivity index (χ0v) is 17.9. The summed E-state index contributed by atoms with van der Waals surface area (Å²) in [7, 11) is 0. The topological polar surface area (TPSA) is 67.9 Å². The molecule has 6 nitrogen and oxygen atoms in total. The number of halogens is 1. The van der Waals surface area contributed by atoms with Crippen molar-refractivity contribution in [1.29, 1.82) is 0 Å². The fraction of sp³-hybridized carbons (Fsp3) is 0.120. The van der Waals surface area contributed by atoms with Gasteiger partial charge in [0, 0.05) is 16.8 Å². The first-order valence-electron chi connectivity index (χ1n) is 10.1. The van der Waals surface area contributed by atoms with Crippen LogP contribution < -0.4 is 19.7 Å². The van der Waals surface area contributed by atoms with Crippen molar-refractivity contribution in [2.24, 2.45) is 0 Å². The van der Waals surface area contributed by atoms with Crippen LogP contribution in [0.15, 0.2) is 78.9 Å². The third-order valence-electron chi connectivity index (χ3n) is 4.79. The number of hydrogen-bond acceptors (Lipinski definition) is 4. The number of carbonyl (C=O) groups excluding carboxylic acids is 2. The first kappa shape index (κ1) is 21.5. The molecule has 0 bridgehead atoms. The summed E-state index contributed by atoms with van der Waals surface area (Å²) in [5.41, 5.74) is 2.01. The highest BCUT2D eigenvalue weighted by molar-refractivity contribution is 6.30. The van der Waals surface area contributed by atoms with Gasteiger partial charge in [-0.2, -0.15) is 0 Å². The first-order chi connectivity index (χ1) is 15.6. The molecule has 0 saturated carbocycles. The molecule has 3 aromatic rings. The van der Waals surface area contributed by atoms with E-state index in [-0.39, 0.29) is 18.4 Å². The van der Waals surface area contributed by atoms with Crippen LogP contribution in [0, 0.1) is 0 Å². The van der Waals surface area contributed by atoms with Gasteiger partial charge in [-0.25, -0.2) is 0 Å². The average molecular weight is 449 g/mol. The number of carbonyl (C=O) groups is 2. The normalized spacial score (nSPS) is 12.9. The van der Waals surface area contributed by atoms with E-state index in [1.54, 1.807) is 41.3 Å². The number of benzene rings is 3. The van der Waals surface area contributed by atoms with Crippen molar-refractivity contribution >= 4 is 40.9 Å². The van der Waals surface area contributed by atoms with Crippen molar-refractivity contribution in [3.63, 3.8) is 0 Å². The van der Waals surface area contributed by atoms with E-state index in [0.717, 1.165) is 11.3 Å².